The Hall–Kier alpha value is -3.78. The van der Waals surface area contributed by atoms with Gasteiger partial charge in [0, 0.05) is 80.3 Å². The molecule has 0 saturated carbocycles. The number of ketones is 1. The number of aliphatic hydroxyl groups is 1. The summed E-state index contributed by atoms with van der Waals surface area (Å²) in [6.07, 6.45) is -0.406. The Morgan fingerprint density at radius 2 is 1.57 bits per heavy atom. The van der Waals surface area contributed by atoms with E-state index in [0.29, 0.717) is 52.4 Å². The lowest BCUT2D eigenvalue weighted by Gasteiger charge is -2.43. The van der Waals surface area contributed by atoms with Crippen molar-refractivity contribution in [2.24, 2.45) is 4.99 Å². The third-order valence-electron chi connectivity index (χ3n) is 8.33. The Balaban J connectivity index is 1.22. The molecule has 2 aromatic carbocycles. The van der Waals surface area contributed by atoms with E-state index < -0.39 is 0 Å². The molecule has 0 bridgehead atoms. The second-order valence-electron chi connectivity index (χ2n) is 11.6. The number of nitrogens with one attached hydrogen (secondary N) is 1. The maximum absolute atomic E-state index is 13.0. The number of hydrogen-bond acceptors (Lipinski definition) is 10. The Morgan fingerprint density at radius 1 is 0.891 bits per heavy atom. The van der Waals surface area contributed by atoms with Crippen molar-refractivity contribution < 1.29 is 29.0 Å². The van der Waals surface area contributed by atoms with Gasteiger partial charge >= 0.3 is 0 Å². The summed E-state index contributed by atoms with van der Waals surface area (Å²) < 4.78 is 5.56. The van der Waals surface area contributed by atoms with E-state index in [2.05, 4.69) is 33.3 Å². The molecule has 0 aromatic heterocycles. The average molecular weight is 651 g/mol. The van der Waals surface area contributed by atoms with Crippen LogP contribution in [0.2, 0.25) is 0 Å². The van der Waals surface area contributed by atoms with E-state index in [-0.39, 0.29) is 55.6 Å². The van der Waals surface area contributed by atoms with Gasteiger partial charge in [-0.05, 0) is 25.1 Å². The smallest absolute Gasteiger partial charge is 0.232 e. The van der Waals surface area contributed by atoms with Crippen molar-refractivity contribution in [3.05, 3.63) is 54.1 Å². The number of piperazine rings is 2. The van der Waals surface area contributed by atoms with Gasteiger partial charge < -0.3 is 29.9 Å². The Bertz CT molecular complexity index is 1450. The summed E-state index contributed by atoms with van der Waals surface area (Å²) in [5.41, 5.74) is 1.99. The van der Waals surface area contributed by atoms with Gasteiger partial charge in [0.25, 0.3) is 0 Å². The number of aliphatic imine (C=N–C) groups is 1. The number of carbonyl (C=O) groups is 4. The van der Waals surface area contributed by atoms with E-state index in [4.69, 9.17) is 14.8 Å². The van der Waals surface area contributed by atoms with E-state index in [1.807, 2.05) is 30.3 Å². The molecule has 3 amide bonds. The number of rotatable bonds is 11. The number of carbonyl (C=O) groups excluding carboxylic acids is 4. The fourth-order valence-electron chi connectivity index (χ4n) is 5.91. The zero-order valence-corrected chi connectivity index (χ0v) is 27.0. The lowest BCUT2D eigenvalue weighted by Crippen LogP contribution is -2.59. The van der Waals surface area contributed by atoms with Gasteiger partial charge in [-0.3, -0.25) is 24.1 Å². The van der Waals surface area contributed by atoms with Gasteiger partial charge in [0.15, 0.2) is 0 Å². The fourth-order valence-corrected chi connectivity index (χ4v) is 6.92. The van der Waals surface area contributed by atoms with Crippen LogP contribution in [-0.4, -0.2) is 139 Å². The van der Waals surface area contributed by atoms with Gasteiger partial charge in [0.2, 0.25) is 17.7 Å². The van der Waals surface area contributed by atoms with Crippen molar-refractivity contribution in [2.75, 3.05) is 78.7 Å². The lowest BCUT2D eigenvalue weighted by molar-refractivity contribution is -0.143. The summed E-state index contributed by atoms with van der Waals surface area (Å²) in [5.74, 6) is -0.149. The summed E-state index contributed by atoms with van der Waals surface area (Å²) in [7, 11) is 0. The molecule has 0 radical (unpaired) electrons. The Kier molecular flexibility index (Phi) is 11.8. The van der Waals surface area contributed by atoms with Crippen LogP contribution in [0.15, 0.2) is 63.3 Å². The van der Waals surface area contributed by atoms with Crippen molar-refractivity contribution in [2.45, 2.75) is 35.6 Å². The molecule has 2 aromatic rings. The van der Waals surface area contributed by atoms with E-state index in [0.717, 1.165) is 40.0 Å². The van der Waals surface area contributed by atoms with Crippen molar-refractivity contribution in [3.63, 3.8) is 0 Å². The number of amidine groups is 1. The molecule has 5 rings (SSSR count). The first-order valence-corrected chi connectivity index (χ1v) is 16.6. The Labute approximate surface area is 273 Å². The third kappa shape index (κ3) is 8.72. The summed E-state index contributed by atoms with van der Waals surface area (Å²) >= 11 is 1.71. The van der Waals surface area contributed by atoms with Crippen LogP contribution in [-0.2, 0) is 23.9 Å². The minimum absolute atomic E-state index is 0.0379. The molecule has 46 heavy (non-hydrogen) atoms. The highest BCUT2D eigenvalue weighted by atomic mass is 32.2. The molecule has 2 saturated heterocycles. The highest BCUT2D eigenvalue weighted by Gasteiger charge is 2.32. The van der Waals surface area contributed by atoms with Crippen molar-refractivity contribution in [1.29, 1.82) is 0 Å². The summed E-state index contributed by atoms with van der Waals surface area (Å²) in [6.45, 7) is 6.50. The number of nitrogens with zero attached hydrogens (tertiary/aromatic N) is 5. The molecule has 3 aliphatic heterocycles. The molecule has 1 unspecified atom stereocenters. The number of hydrogen-bond donors (Lipinski definition) is 2. The van der Waals surface area contributed by atoms with Crippen LogP contribution < -0.4 is 5.32 Å². The highest BCUT2D eigenvalue weighted by Crippen LogP contribution is 2.40. The monoisotopic (exact) mass is 650 g/mol. The second kappa shape index (κ2) is 16.2. The minimum Gasteiger partial charge on any atom is -0.394 e. The van der Waals surface area contributed by atoms with Crippen LogP contribution in [0.1, 0.15) is 25.3 Å². The van der Waals surface area contributed by atoms with Crippen LogP contribution in [0.4, 0.5) is 5.69 Å². The number of para-hydroxylation sites is 1. The number of ether oxygens (including phenoxy) is 1. The Morgan fingerprint density at radius 3 is 2.28 bits per heavy atom. The highest BCUT2D eigenvalue weighted by molar-refractivity contribution is 7.99. The molecule has 13 heteroatoms. The molecule has 2 fully saturated rings. The van der Waals surface area contributed by atoms with E-state index in [9.17, 15) is 19.2 Å². The van der Waals surface area contributed by atoms with Gasteiger partial charge in [-0.25, -0.2) is 4.99 Å². The number of aliphatic hydroxyl groups excluding tert-OH is 1. The predicted molar refractivity (Wildman–Crippen MR) is 174 cm³/mol. The first-order chi connectivity index (χ1) is 22.3. The molecule has 0 spiro atoms. The summed E-state index contributed by atoms with van der Waals surface area (Å²) in [4.78, 5) is 64.5. The van der Waals surface area contributed by atoms with Gasteiger partial charge in [0.1, 0.15) is 18.0 Å². The molecule has 246 valence electrons. The largest absolute Gasteiger partial charge is 0.394 e. The standard InChI is InChI=1S/C33H42N6O6S/c1-24(41)20-31(43)37-11-13-38(14-12-37)32(44)21-30(42)34-22-25-23-39(15-10-36(25)16-18-45-19-17-40)33-26-6-2-4-8-28(26)46-29-9-5-3-7-27(29)35-33/h2-9,25,40H,10-23H2,1H3,(H,34,42). The zero-order chi connectivity index (χ0) is 32.5. The number of fused-ring (bicyclic) bond motifs is 2. The molecule has 3 heterocycles. The van der Waals surface area contributed by atoms with Gasteiger partial charge in [-0.1, -0.05) is 42.1 Å². The first-order valence-electron chi connectivity index (χ1n) is 15.8. The maximum Gasteiger partial charge on any atom is 0.232 e. The lowest BCUT2D eigenvalue weighted by atomic mass is 10.1. The fraction of sp³-hybridized carbons (Fsp3) is 0.485. The molecule has 2 N–H and O–H groups in total. The third-order valence-corrected chi connectivity index (χ3v) is 9.48. The van der Waals surface area contributed by atoms with Gasteiger partial charge in [-0.2, -0.15) is 0 Å². The van der Waals surface area contributed by atoms with Crippen molar-refractivity contribution in [3.8, 4) is 0 Å². The van der Waals surface area contributed by atoms with Crippen LogP contribution in [0, 0.1) is 0 Å². The molecule has 0 aliphatic carbocycles. The molecule has 1 atom stereocenters. The normalized spacial score (nSPS) is 18.3. The quantitative estimate of drug-likeness (QED) is 0.273. The van der Waals surface area contributed by atoms with Crippen LogP contribution in [0.25, 0.3) is 0 Å². The first kappa shape index (κ1) is 33.6. The van der Waals surface area contributed by atoms with E-state index in [1.54, 1.807) is 21.6 Å². The minimum atomic E-state index is -0.351. The van der Waals surface area contributed by atoms with E-state index >= 15 is 0 Å². The molecular formula is C33H42N6O6S. The van der Waals surface area contributed by atoms with Crippen LogP contribution in [0.3, 0.4) is 0 Å². The SMILES string of the molecule is CC(=O)CC(=O)N1CCN(C(=O)CC(=O)NCC2CN(C3=Nc4ccccc4Sc4ccccc43)CCN2CCOCCO)CC1. The molecular weight excluding hydrogens is 608 g/mol. The topological polar surface area (TPSA) is 135 Å². The average Bonchev–Trinajstić information content (AvgIpc) is 3.23. The second-order valence-corrected chi connectivity index (χ2v) is 12.7. The molecule has 12 nitrogen and oxygen atoms in total. The maximum atomic E-state index is 13.0. The van der Waals surface area contributed by atoms with Crippen molar-refractivity contribution >= 4 is 46.8 Å². The van der Waals surface area contributed by atoms with E-state index in [1.165, 1.54) is 6.92 Å². The summed E-state index contributed by atoms with van der Waals surface area (Å²) in [6, 6.07) is 16.3. The van der Waals surface area contributed by atoms with Crippen LogP contribution >= 0.6 is 11.8 Å². The molecule has 3 aliphatic rings. The predicted octanol–water partition coefficient (Wildman–Crippen LogP) is 1.38. The number of amides is 3. The number of Topliss-reactive ketones (excluding diaryl/α,β-unsaturated/α-hetero) is 1. The zero-order valence-electron chi connectivity index (χ0n) is 26.2. The van der Waals surface area contributed by atoms with Gasteiger partial charge in [-0.15, -0.1) is 0 Å². The number of benzene rings is 2. The summed E-state index contributed by atoms with van der Waals surface area (Å²) in [5, 5.41) is 12.1. The van der Waals surface area contributed by atoms with Gasteiger partial charge in [0.05, 0.1) is 31.9 Å². The van der Waals surface area contributed by atoms with Crippen molar-refractivity contribution in [1.82, 2.24) is 24.9 Å². The van der Waals surface area contributed by atoms with Crippen LogP contribution in [0.5, 0.6) is 0 Å².